The van der Waals surface area contributed by atoms with Gasteiger partial charge in [-0.3, -0.25) is 0 Å². The molecule has 0 amide bonds. The van der Waals surface area contributed by atoms with Crippen LogP contribution in [0, 0.1) is 0 Å². The third-order valence-electron chi connectivity index (χ3n) is 3.77. The summed E-state index contributed by atoms with van der Waals surface area (Å²) >= 11 is 0. The van der Waals surface area contributed by atoms with Crippen LogP contribution in [0.4, 0.5) is 0 Å². The average Bonchev–Trinajstić information content (AvgIpc) is 2.42. The van der Waals surface area contributed by atoms with Gasteiger partial charge in [0.1, 0.15) is 5.75 Å². The zero-order chi connectivity index (χ0) is 14.6. The fourth-order valence-electron chi connectivity index (χ4n) is 2.60. The topological polar surface area (TPSA) is 69.4 Å². The maximum absolute atomic E-state index is 11.3. The molecule has 0 spiro atoms. The van der Waals surface area contributed by atoms with Gasteiger partial charge in [-0.1, -0.05) is 26.2 Å². The molecule has 0 bridgehead atoms. The van der Waals surface area contributed by atoms with Crippen molar-refractivity contribution in [1.29, 1.82) is 0 Å². The van der Waals surface area contributed by atoms with Crippen molar-refractivity contribution in [1.82, 2.24) is 0 Å². The van der Waals surface area contributed by atoms with Crippen molar-refractivity contribution in [2.75, 3.05) is 0 Å². The molecule has 0 radical (unpaired) electrons. The van der Waals surface area contributed by atoms with Gasteiger partial charge in [-0.2, -0.15) is 0 Å². The molecule has 5 heteroatoms. The summed E-state index contributed by atoms with van der Waals surface area (Å²) in [6, 6.07) is 4.89. The molecule has 1 atom stereocenters. The minimum Gasteiger partial charge on any atom is -0.490 e. The Hall–Kier alpha value is -1.07. The summed E-state index contributed by atoms with van der Waals surface area (Å²) in [7, 11) is -3.63. The number of benzene rings is 1. The van der Waals surface area contributed by atoms with Crippen molar-refractivity contribution in [3.8, 4) is 5.75 Å². The summed E-state index contributed by atoms with van der Waals surface area (Å²) in [6.07, 6.45) is 8.13. The number of unbranched alkanes of at least 4 members (excludes halogenated alkanes) is 3. The smallest absolute Gasteiger partial charge is 0.238 e. The molecule has 112 valence electrons. The molecule has 2 rings (SSSR count). The molecule has 1 aliphatic heterocycles. The van der Waals surface area contributed by atoms with Crippen LogP contribution in [0.3, 0.4) is 0 Å². The molecule has 2 N–H and O–H groups in total. The third kappa shape index (κ3) is 3.96. The van der Waals surface area contributed by atoms with Gasteiger partial charge in [-0.05, 0) is 49.4 Å². The average molecular weight is 297 g/mol. The first-order chi connectivity index (χ1) is 9.50. The van der Waals surface area contributed by atoms with Crippen molar-refractivity contribution in [2.45, 2.75) is 62.9 Å². The molecule has 0 fully saturated rings. The Labute approximate surface area is 121 Å². The van der Waals surface area contributed by atoms with Gasteiger partial charge in [0.2, 0.25) is 10.0 Å². The molecule has 0 aliphatic carbocycles. The molecule has 4 nitrogen and oxygen atoms in total. The summed E-state index contributed by atoms with van der Waals surface area (Å²) in [6.45, 7) is 2.20. The van der Waals surface area contributed by atoms with Crippen molar-refractivity contribution in [3.05, 3.63) is 23.8 Å². The maximum Gasteiger partial charge on any atom is 0.238 e. The van der Waals surface area contributed by atoms with E-state index in [2.05, 4.69) is 6.92 Å². The highest BCUT2D eigenvalue weighted by Crippen LogP contribution is 2.31. The SMILES string of the molecule is CCCCCCC1CCc2cc(S(N)(=O)=O)ccc2O1. The summed E-state index contributed by atoms with van der Waals surface area (Å²) in [5.41, 5.74) is 0.946. The van der Waals surface area contributed by atoms with E-state index in [1.165, 1.54) is 31.7 Å². The highest BCUT2D eigenvalue weighted by atomic mass is 32.2. The Balaban J connectivity index is 1.97. The van der Waals surface area contributed by atoms with Gasteiger partial charge in [-0.15, -0.1) is 0 Å². The fourth-order valence-corrected chi connectivity index (χ4v) is 3.16. The highest BCUT2D eigenvalue weighted by molar-refractivity contribution is 7.89. The van der Waals surface area contributed by atoms with Crippen LogP contribution < -0.4 is 9.88 Å². The lowest BCUT2D eigenvalue weighted by Gasteiger charge is -2.26. The van der Waals surface area contributed by atoms with Crippen LogP contribution in [0.2, 0.25) is 0 Å². The van der Waals surface area contributed by atoms with E-state index in [-0.39, 0.29) is 11.0 Å². The second kappa shape index (κ2) is 6.59. The number of hydrogen-bond donors (Lipinski definition) is 1. The number of ether oxygens (including phenoxy) is 1. The van der Waals surface area contributed by atoms with Crippen molar-refractivity contribution >= 4 is 10.0 Å². The predicted octanol–water partition coefficient (Wildman–Crippen LogP) is 3.00. The molecule has 20 heavy (non-hydrogen) atoms. The number of sulfonamides is 1. The summed E-state index contributed by atoms with van der Waals surface area (Å²) < 4.78 is 28.6. The van der Waals surface area contributed by atoms with Gasteiger partial charge in [0, 0.05) is 0 Å². The van der Waals surface area contributed by atoms with E-state index < -0.39 is 10.0 Å². The molecular weight excluding hydrogens is 274 g/mol. The minimum atomic E-state index is -3.63. The second-order valence-corrected chi connectivity index (χ2v) is 7.00. The van der Waals surface area contributed by atoms with Gasteiger partial charge < -0.3 is 4.74 Å². The number of fused-ring (bicyclic) bond motifs is 1. The molecule has 1 unspecified atom stereocenters. The van der Waals surface area contributed by atoms with Crippen molar-refractivity contribution in [2.24, 2.45) is 5.14 Å². The fraction of sp³-hybridized carbons (Fsp3) is 0.600. The first-order valence-corrected chi connectivity index (χ1v) is 8.87. The summed E-state index contributed by atoms with van der Waals surface area (Å²) in [5.74, 6) is 0.809. The second-order valence-electron chi connectivity index (χ2n) is 5.44. The molecule has 0 aromatic heterocycles. The minimum absolute atomic E-state index is 0.168. The van der Waals surface area contributed by atoms with Crippen molar-refractivity contribution in [3.63, 3.8) is 0 Å². The van der Waals surface area contributed by atoms with Crippen LogP contribution >= 0.6 is 0 Å². The predicted molar refractivity (Wildman–Crippen MR) is 79.3 cm³/mol. The van der Waals surface area contributed by atoms with E-state index in [0.717, 1.165) is 30.6 Å². The van der Waals surface area contributed by atoms with Crippen LogP contribution in [-0.4, -0.2) is 14.5 Å². The number of aryl methyl sites for hydroxylation is 1. The van der Waals surface area contributed by atoms with E-state index >= 15 is 0 Å². The lowest BCUT2D eigenvalue weighted by atomic mass is 9.98. The first kappa shape index (κ1) is 15.3. The number of primary sulfonamides is 1. The Kier molecular flexibility index (Phi) is 5.05. The van der Waals surface area contributed by atoms with Crippen LogP contribution in [0.1, 0.15) is 51.0 Å². The largest absolute Gasteiger partial charge is 0.490 e. The monoisotopic (exact) mass is 297 g/mol. The van der Waals surface area contributed by atoms with Crippen LogP contribution in [-0.2, 0) is 16.4 Å². The number of nitrogens with two attached hydrogens (primary N) is 1. The van der Waals surface area contributed by atoms with Crippen molar-refractivity contribution < 1.29 is 13.2 Å². The molecule has 1 heterocycles. The molecule has 0 saturated heterocycles. The Morgan fingerprint density at radius 2 is 2.10 bits per heavy atom. The van der Waals surface area contributed by atoms with Crippen LogP contribution in [0.25, 0.3) is 0 Å². The lowest BCUT2D eigenvalue weighted by molar-refractivity contribution is 0.160. The Morgan fingerprint density at radius 3 is 2.80 bits per heavy atom. The maximum atomic E-state index is 11.3. The van der Waals surface area contributed by atoms with E-state index in [9.17, 15) is 8.42 Å². The number of hydrogen-bond acceptors (Lipinski definition) is 3. The van der Waals surface area contributed by atoms with Gasteiger partial charge in [0.25, 0.3) is 0 Å². The molecule has 0 saturated carbocycles. The Bertz CT molecular complexity index is 554. The lowest BCUT2D eigenvalue weighted by Crippen LogP contribution is -2.23. The molecule has 1 aromatic carbocycles. The summed E-state index contributed by atoms with van der Waals surface area (Å²) in [5, 5.41) is 5.14. The normalized spacial score (nSPS) is 18.4. The molecule has 1 aliphatic rings. The van der Waals surface area contributed by atoms with Gasteiger partial charge >= 0.3 is 0 Å². The number of rotatable bonds is 6. The van der Waals surface area contributed by atoms with Crippen LogP contribution in [0.5, 0.6) is 5.75 Å². The Morgan fingerprint density at radius 1 is 1.30 bits per heavy atom. The standard InChI is InChI=1S/C15H23NO3S/c1-2-3-4-5-6-13-8-7-12-11-14(20(16,17)18)9-10-15(12)19-13/h9-11,13H,2-8H2,1H3,(H2,16,17,18). The van der Waals surface area contributed by atoms with E-state index in [0.29, 0.717) is 0 Å². The highest BCUT2D eigenvalue weighted by Gasteiger charge is 2.21. The van der Waals surface area contributed by atoms with Gasteiger partial charge in [-0.25, -0.2) is 13.6 Å². The zero-order valence-electron chi connectivity index (χ0n) is 12.0. The quantitative estimate of drug-likeness (QED) is 0.821. The van der Waals surface area contributed by atoms with Gasteiger partial charge in [0.05, 0.1) is 11.0 Å². The van der Waals surface area contributed by atoms with E-state index in [4.69, 9.17) is 9.88 Å². The van der Waals surface area contributed by atoms with E-state index in [1.54, 1.807) is 12.1 Å². The first-order valence-electron chi connectivity index (χ1n) is 7.33. The zero-order valence-corrected chi connectivity index (χ0v) is 12.8. The third-order valence-corrected chi connectivity index (χ3v) is 4.68. The molecule has 1 aromatic rings. The van der Waals surface area contributed by atoms with Gasteiger partial charge in [0.15, 0.2) is 0 Å². The van der Waals surface area contributed by atoms with E-state index in [1.807, 2.05) is 0 Å². The summed E-state index contributed by atoms with van der Waals surface area (Å²) in [4.78, 5) is 0.168. The molecular formula is C15H23NO3S. The van der Waals surface area contributed by atoms with Crippen LogP contribution in [0.15, 0.2) is 23.1 Å².